The maximum absolute atomic E-state index is 11.9. The van der Waals surface area contributed by atoms with Crippen molar-refractivity contribution in [1.82, 2.24) is 9.97 Å². The summed E-state index contributed by atoms with van der Waals surface area (Å²) in [5.74, 6) is 1.25. The molecule has 1 atom stereocenters. The quantitative estimate of drug-likeness (QED) is 0.724. The summed E-state index contributed by atoms with van der Waals surface area (Å²) in [5.41, 5.74) is 1.55. The van der Waals surface area contributed by atoms with E-state index in [4.69, 9.17) is 0 Å². The number of nitrogens with one attached hydrogen (secondary N) is 1. The van der Waals surface area contributed by atoms with E-state index in [1.54, 1.807) is 18.7 Å². The highest BCUT2D eigenvalue weighted by Crippen LogP contribution is 2.25. The number of hydrogen-bond acceptors (Lipinski definition) is 5. The Kier molecular flexibility index (Phi) is 4.10. The number of aromatic amines is 1. The summed E-state index contributed by atoms with van der Waals surface area (Å²) in [7, 11) is 0. The van der Waals surface area contributed by atoms with E-state index in [0.29, 0.717) is 16.3 Å². The Balaban J connectivity index is 1.80. The van der Waals surface area contributed by atoms with Crippen molar-refractivity contribution in [2.75, 3.05) is 0 Å². The number of benzene rings is 1. The van der Waals surface area contributed by atoms with Crippen LogP contribution in [0.5, 0.6) is 0 Å². The van der Waals surface area contributed by atoms with E-state index < -0.39 is 6.10 Å². The van der Waals surface area contributed by atoms with Crippen LogP contribution in [0.3, 0.4) is 0 Å². The van der Waals surface area contributed by atoms with Crippen molar-refractivity contribution in [3.05, 3.63) is 57.5 Å². The first-order valence-corrected chi connectivity index (χ1v) is 8.37. The lowest BCUT2D eigenvalue weighted by molar-refractivity contribution is 0.199. The van der Waals surface area contributed by atoms with Gasteiger partial charge in [0.1, 0.15) is 10.5 Å². The molecule has 0 spiro atoms. The molecule has 2 aromatic heterocycles. The second-order valence-corrected chi connectivity index (χ2v) is 6.65. The number of fused-ring (bicyclic) bond motifs is 1. The Morgan fingerprint density at radius 2 is 2.29 bits per heavy atom. The number of nitrogens with zero attached hydrogens (tertiary/aromatic N) is 1. The third-order valence-electron chi connectivity index (χ3n) is 3.08. The van der Waals surface area contributed by atoms with Crippen LogP contribution in [0.25, 0.3) is 10.2 Å². The van der Waals surface area contributed by atoms with Gasteiger partial charge in [-0.1, -0.05) is 12.1 Å². The molecule has 0 aliphatic heterocycles. The van der Waals surface area contributed by atoms with Gasteiger partial charge in [0.15, 0.2) is 0 Å². The Labute approximate surface area is 129 Å². The van der Waals surface area contributed by atoms with Crippen LogP contribution in [-0.4, -0.2) is 15.1 Å². The SMILES string of the molecule is CC(O)c1cccc(SCc2nc3ccsc3c(=O)[nH]2)c1. The van der Waals surface area contributed by atoms with E-state index in [1.165, 1.54) is 11.3 Å². The molecular formula is C15H14N2O2S2. The molecule has 0 amide bonds. The first kappa shape index (κ1) is 14.3. The molecule has 0 saturated heterocycles. The third kappa shape index (κ3) is 3.18. The minimum Gasteiger partial charge on any atom is -0.389 e. The van der Waals surface area contributed by atoms with Crippen molar-refractivity contribution in [3.63, 3.8) is 0 Å². The van der Waals surface area contributed by atoms with Gasteiger partial charge in [-0.3, -0.25) is 4.79 Å². The maximum atomic E-state index is 11.9. The largest absolute Gasteiger partial charge is 0.389 e. The number of H-pyrrole nitrogens is 1. The smallest absolute Gasteiger partial charge is 0.268 e. The van der Waals surface area contributed by atoms with E-state index in [0.717, 1.165) is 16.0 Å². The summed E-state index contributed by atoms with van der Waals surface area (Å²) < 4.78 is 0.667. The molecule has 0 aliphatic carbocycles. The highest BCUT2D eigenvalue weighted by molar-refractivity contribution is 7.98. The Bertz CT molecular complexity index is 824. The van der Waals surface area contributed by atoms with E-state index in [1.807, 2.05) is 35.7 Å². The fourth-order valence-electron chi connectivity index (χ4n) is 2.01. The predicted molar refractivity (Wildman–Crippen MR) is 86.9 cm³/mol. The van der Waals surface area contributed by atoms with Crippen LogP contribution >= 0.6 is 23.1 Å². The average molecular weight is 318 g/mol. The number of aliphatic hydroxyl groups excluding tert-OH is 1. The molecule has 6 heteroatoms. The standard InChI is InChI=1S/C15H14N2O2S2/c1-9(18)10-3-2-4-11(7-10)21-8-13-16-12-5-6-20-14(12)15(19)17-13/h2-7,9,18H,8H2,1H3,(H,16,17,19). The molecular weight excluding hydrogens is 304 g/mol. The van der Waals surface area contributed by atoms with Gasteiger partial charge in [0.25, 0.3) is 5.56 Å². The van der Waals surface area contributed by atoms with Gasteiger partial charge in [-0.15, -0.1) is 23.1 Å². The zero-order valence-corrected chi connectivity index (χ0v) is 13.0. The van der Waals surface area contributed by atoms with Crippen molar-refractivity contribution < 1.29 is 5.11 Å². The Morgan fingerprint density at radius 1 is 1.43 bits per heavy atom. The molecule has 2 heterocycles. The summed E-state index contributed by atoms with van der Waals surface area (Å²) in [5, 5.41) is 11.5. The van der Waals surface area contributed by atoms with E-state index in [-0.39, 0.29) is 5.56 Å². The van der Waals surface area contributed by atoms with Crippen LogP contribution in [0.15, 0.2) is 45.4 Å². The van der Waals surface area contributed by atoms with Crippen molar-refractivity contribution in [2.45, 2.75) is 23.7 Å². The number of aliphatic hydroxyl groups is 1. The molecule has 2 N–H and O–H groups in total. The van der Waals surface area contributed by atoms with Crippen molar-refractivity contribution in [3.8, 4) is 0 Å². The van der Waals surface area contributed by atoms with Gasteiger partial charge < -0.3 is 10.1 Å². The van der Waals surface area contributed by atoms with Crippen LogP contribution in [0, 0.1) is 0 Å². The van der Waals surface area contributed by atoms with Crippen LogP contribution in [0.2, 0.25) is 0 Å². The summed E-state index contributed by atoms with van der Waals surface area (Å²) in [4.78, 5) is 20.2. The summed E-state index contributed by atoms with van der Waals surface area (Å²) in [6.45, 7) is 1.74. The zero-order chi connectivity index (χ0) is 14.8. The van der Waals surface area contributed by atoms with Gasteiger partial charge in [0.05, 0.1) is 17.4 Å². The molecule has 1 unspecified atom stereocenters. The van der Waals surface area contributed by atoms with Crippen LogP contribution in [0.1, 0.15) is 24.4 Å². The maximum Gasteiger partial charge on any atom is 0.268 e. The predicted octanol–water partition coefficient (Wildman–Crippen LogP) is 3.33. The molecule has 1 aromatic carbocycles. The first-order valence-electron chi connectivity index (χ1n) is 6.51. The Hall–Kier alpha value is -1.63. The van der Waals surface area contributed by atoms with E-state index in [9.17, 15) is 9.90 Å². The number of hydrogen-bond donors (Lipinski definition) is 2. The number of aromatic nitrogens is 2. The van der Waals surface area contributed by atoms with Gasteiger partial charge >= 0.3 is 0 Å². The van der Waals surface area contributed by atoms with Gasteiger partial charge in [-0.2, -0.15) is 0 Å². The molecule has 0 radical (unpaired) electrons. The second kappa shape index (κ2) is 6.01. The second-order valence-electron chi connectivity index (χ2n) is 4.68. The lowest BCUT2D eigenvalue weighted by Crippen LogP contribution is -2.09. The van der Waals surface area contributed by atoms with Gasteiger partial charge in [-0.05, 0) is 36.1 Å². The van der Waals surface area contributed by atoms with Crippen LogP contribution < -0.4 is 5.56 Å². The highest BCUT2D eigenvalue weighted by atomic mass is 32.2. The zero-order valence-electron chi connectivity index (χ0n) is 11.4. The molecule has 4 nitrogen and oxygen atoms in total. The normalized spacial score (nSPS) is 12.7. The molecule has 3 rings (SSSR count). The number of thiophene rings is 1. The summed E-state index contributed by atoms with van der Waals surface area (Å²) in [6.07, 6.45) is -0.481. The van der Waals surface area contributed by atoms with Gasteiger partial charge in [0, 0.05) is 4.90 Å². The molecule has 0 fully saturated rings. The molecule has 0 aliphatic rings. The first-order chi connectivity index (χ1) is 10.1. The fraction of sp³-hybridized carbons (Fsp3) is 0.200. The fourth-order valence-corrected chi connectivity index (χ4v) is 3.57. The van der Waals surface area contributed by atoms with Gasteiger partial charge in [-0.25, -0.2) is 4.98 Å². The van der Waals surface area contributed by atoms with Crippen molar-refractivity contribution in [2.24, 2.45) is 0 Å². The lowest BCUT2D eigenvalue weighted by atomic mass is 10.1. The monoisotopic (exact) mass is 318 g/mol. The van der Waals surface area contributed by atoms with Crippen LogP contribution in [0.4, 0.5) is 0 Å². The molecule has 108 valence electrons. The molecule has 0 saturated carbocycles. The summed E-state index contributed by atoms with van der Waals surface area (Å²) in [6, 6.07) is 9.61. The van der Waals surface area contributed by atoms with Crippen molar-refractivity contribution in [1.29, 1.82) is 0 Å². The molecule has 3 aromatic rings. The Morgan fingerprint density at radius 3 is 3.10 bits per heavy atom. The topological polar surface area (TPSA) is 66.0 Å². The third-order valence-corrected chi connectivity index (χ3v) is 4.99. The lowest BCUT2D eigenvalue weighted by Gasteiger charge is -2.07. The van der Waals surface area contributed by atoms with E-state index in [2.05, 4.69) is 9.97 Å². The molecule has 0 bridgehead atoms. The highest BCUT2D eigenvalue weighted by Gasteiger charge is 2.06. The van der Waals surface area contributed by atoms with E-state index >= 15 is 0 Å². The molecule has 21 heavy (non-hydrogen) atoms. The van der Waals surface area contributed by atoms with Crippen molar-refractivity contribution >= 4 is 33.3 Å². The average Bonchev–Trinajstić information content (AvgIpc) is 2.94. The van der Waals surface area contributed by atoms with Gasteiger partial charge in [0.2, 0.25) is 0 Å². The van der Waals surface area contributed by atoms with Crippen LogP contribution in [-0.2, 0) is 5.75 Å². The minimum absolute atomic E-state index is 0.0802. The summed E-state index contributed by atoms with van der Waals surface area (Å²) >= 11 is 2.99. The number of thioether (sulfide) groups is 1. The number of rotatable bonds is 4. The minimum atomic E-state index is -0.481.